The van der Waals surface area contributed by atoms with Crippen LogP contribution in [0.25, 0.3) is 0 Å². The summed E-state index contributed by atoms with van der Waals surface area (Å²) in [6.45, 7) is 0. The van der Waals surface area contributed by atoms with Crippen molar-refractivity contribution in [3.8, 4) is 12.3 Å². The average molecular weight is 213 g/mol. The van der Waals surface area contributed by atoms with E-state index in [-0.39, 0.29) is 12.2 Å². The van der Waals surface area contributed by atoms with Crippen molar-refractivity contribution in [3.05, 3.63) is 33.8 Å². The number of Topliss-reactive ketones (excluding diaryl/α,β-unsaturated/α-hetero) is 1. The first-order valence-electron chi connectivity index (χ1n) is 3.57. The zero-order valence-corrected chi connectivity index (χ0v) is 8.19. The summed E-state index contributed by atoms with van der Waals surface area (Å²) in [6, 6.07) is 4.70. The van der Waals surface area contributed by atoms with Crippen LogP contribution >= 0.6 is 23.2 Å². The third-order valence-corrected chi connectivity index (χ3v) is 2.24. The summed E-state index contributed by atoms with van der Waals surface area (Å²) in [6.07, 6.45) is 5.09. The third kappa shape index (κ3) is 2.48. The number of ketones is 1. The number of carbonyl (C=O) groups excluding carboxylic acids is 1. The van der Waals surface area contributed by atoms with Crippen molar-refractivity contribution in [2.45, 2.75) is 6.42 Å². The lowest BCUT2D eigenvalue weighted by Gasteiger charge is -1.99. The molecule has 0 aliphatic heterocycles. The van der Waals surface area contributed by atoms with Crippen LogP contribution in [0.15, 0.2) is 18.2 Å². The molecule has 0 aromatic heterocycles. The van der Waals surface area contributed by atoms with Gasteiger partial charge in [0.25, 0.3) is 0 Å². The van der Waals surface area contributed by atoms with Crippen molar-refractivity contribution in [1.82, 2.24) is 0 Å². The van der Waals surface area contributed by atoms with Gasteiger partial charge in [-0.05, 0) is 18.2 Å². The molecule has 0 spiro atoms. The van der Waals surface area contributed by atoms with E-state index in [1.165, 1.54) is 6.07 Å². The van der Waals surface area contributed by atoms with E-state index in [4.69, 9.17) is 29.6 Å². The van der Waals surface area contributed by atoms with E-state index in [1.807, 2.05) is 0 Å². The highest BCUT2D eigenvalue weighted by atomic mass is 35.5. The van der Waals surface area contributed by atoms with Gasteiger partial charge >= 0.3 is 0 Å². The van der Waals surface area contributed by atoms with E-state index in [1.54, 1.807) is 12.1 Å². The van der Waals surface area contributed by atoms with Crippen LogP contribution in [0.5, 0.6) is 0 Å². The molecule has 3 heteroatoms. The second-order valence-electron chi connectivity index (χ2n) is 2.43. The van der Waals surface area contributed by atoms with Crippen molar-refractivity contribution in [2.75, 3.05) is 0 Å². The Kier molecular flexibility index (Phi) is 3.36. The molecule has 66 valence electrons. The predicted molar refractivity (Wildman–Crippen MR) is 54.2 cm³/mol. The Morgan fingerprint density at radius 1 is 1.38 bits per heavy atom. The molecule has 0 N–H and O–H groups in total. The molecule has 0 unspecified atom stereocenters. The van der Waals surface area contributed by atoms with Gasteiger partial charge in [-0.15, -0.1) is 6.42 Å². The van der Waals surface area contributed by atoms with Gasteiger partial charge in [0.15, 0.2) is 5.78 Å². The highest BCUT2D eigenvalue weighted by molar-refractivity contribution is 6.42. The first-order chi connectivity index (χ1) is 6.15. The van der Waals surface area contributed by atoms with E-state index < -0.39 is 0 Å². The Labute approximate surface area is 86.7 Å². The summed E-state index contributed by atoms with van der Waals surface area (Å²) in [5, 5.41) is 0.795. The van der Waals surface area contributed by atoms with Crippen molar-refractivity contribution < 1.29 is 4.79 Å². The van der Waals surface area contributed by atoms with E-state index >= 15 is 0 Å². The Morgan fingerprint density at radius 3 is 2.62 bits per heavy atom. The van der Waals surface area contributed by atoms with Crippen LogP contribution in [0.1, 0.15) is 16.8 Å². The Hall–Kier alpha value is -0.970. The standard InChI is InChI=1S/C10H6Cl2O/c1-2-3-10(13)7-4-5-8(11)9(12)6-7/h1,4-6H,3H2. The molecule has 13 heavy (non-hydrogen) atoms. The van der Waals surface area contributed by atoms with Crippen molar-refractivity contribution >= 4 is 29.0 Å². The minimum atomic E-state index is -0.124. The van der Waals surface area contributed by atoms with E-state index in [0.29, 0.717) is 15.6 Å². The summed E-state index contributed by atoms with van der Waals surface area (Å²) >= 11 is 11.4. The average Bonchev–Trinajstić information content (AvgIpc) is 2.10. The second kappa shape index (κ2) is 4.32. The minimum Gasteiger partial charge on any atom is -0.293 e. The number of rotatable bonds is 2. The molecule has 0 fully saturated rings. The Morgan fingerprint density at radius 2 is 2.08 bits per heavy atom. The fourth-order valence-corrected chi connectivity index (χ4v) is 1.16. The van der Waals surface area contributed by atoms with Gasteiger partial charge in [0.2, 0.25) is 0 Å². The monoisotopic (exact) mass is 212 g/mol. The molecule has 0 aliphatic rings. The molecular formula is C10H6Cl2O. The van der Waals surface area contributed by atoms with Crippen LogP contribution < -0.4 is 0 Å². The normalized spacial score (nSPS) is 9.31. The molecule has 1 nitrogen and oxygen atoms in total. The van der Waals surface area contributed by atoms with Gasteiger partial charge in [-0.3, -0.25) is 4.79 Å². The van der Waals surface area contributed by atoms with E-state index in [2.05, 4.69) is 5.92 Å². The van der Waals surface area contributed by atoms with Crippen molar-refractivity contribution in [1.29, 1.82) is 0 Å². The van der Waals surface area contributed by atoms with Crippen LogP contribution in [-0.4, -0.2) is 5.78 Å². The minimum absolute atomic E-state index is 0.0813. The van der Waals surface area contributed by atoms with Gasteiger partial charge in [-0.2, -0.15) is 0 Å². The zero-order valence-electron chi connectivity index (χ0n) is 6.68. The molecule has 0 amide bonds. The van der Waals surface area contributed by atoms with Crippen molar-refractivity contribution in [2.24, 2.45) is 0 Å². The second-order valence-corrected chi connectivity index (χ2v) is 3.25. The van der Waals surface area contributed by atoms with E-state index in [9.17, 15) is 4.79 Å². The van der Waals surface area contributed by atoms with Gasteiger partial charge in [-0.1, -0.05) is 29.1 Å². The molecule has 1 aromatic rings. The first kappa shape index (κ1) is 10.1. The largest absolute Gasteiger partial charge is 0.293 e. The molecule has 1 aromatic carbocycles. The molecule has 0 saturated heterocycles. The van der Waals surface area contributed by atoms with Gasteiger partial charge in [-0.25, -0.2) is 0 Å². The number of carbonyl (C=O) groups is 1. The topological polar surface area (TPSA) is 17.1 Å². The highest BCUT2D eigenvalue weighted by Gasteiger charge is 2.06. The molecule has 0 aliphatic carbocycles. The predicted octanol–water partition coefficient (Wildman–Crippen LogP) is 3.20. The Balaban J connectivity index is 2.98. The molecule has 1 rings (SSSR count). The maximum Gasteiger partial charge on any atom is 0.174 e. The fraction of sp³-hybridized carbons (Fsp3) is 0.100. The van der Waals surface area contributed by atoms with Gasteiger partial charge in [0, 0.05) is 5.56 Å². The van der Waals surface area contributed by atoms with Gasteiger partial charge < -0.3 is 0 Å². The number of terminal acetylenes is 1. The number of hydrogen-bond donors (Lipinski definition) is 0. The molecule has 0 radical (unpaired) electrons. The lowest BCUT2D eigenvalue weighted by atomic mass is 10.1. The molecule has 0 atom stereocenters. The molecule has 0 saturated carbocycles. The number of halogens is 2. The highest BCUT2D eigenvalue weighted by Crippen LogP contribution is 2.22. The fourth-order valence-electron chi connectivity index (χ4n) is 0.864. The van der Waals surface area contributed by atoms with Crippen molar-refractivity contribution in [3.63, 3.8) is 0 Å². The van der Waals surface area contributed by atoms with E-state index in [0.717, 1.165) is 0 Å². The lowest BCUT2D eigenvalue weighted by molar-refractivity contribution is 0.0998. The van der Waals surface area contributed by atoms with Gasteiger partial charge in [0.1, 0.15) is 0 Å². The summed E-state index contributed by atoms with van der Waals surface area (Å²) in [7, 11) is 0. The third-order valence-electron chi connectivity index (χ3n) is 1.50. The molecule has 0 heterocycles. The summed E-state index contributed by atoms with van der Waals surface area (Å²) in [4.78, 5) is 11.3. The smallest absolute Gasteiger partial charge is 0.174 e. The number of hydrogen-bond acceptors (Lipinski definition) is 1. The summed E-state index contributed by atoms with van der Waals surface area (Å²) in [5.41, 5.74) is 0.493. The van der Waals surface area contributed by atoms with Crippen LogP contribution in [0, 0.1) is 12.3 Å². The molecular weight excluding hydrogens is 207 g/mol. The zero-order chi connectivity index (χ0) is 9.84. The lowest BCUT2D eigenvalue weighted by Crippen LogP contribution is -1.96. The Bertz CT molecular complexity index is 377. The van der Waals surface area contributed by atoms with Crippen LogP contribution in [0.2, 0.25) is 10.0 Å². The van der Waals surface area contributed by atoms with Gasteiger partial charge in [0.05, 0.1) is 16.5 Å². The maximum atomic E-state index is 11.3. The summed E-state index contributed by atoms with van der Waals surface area (Å²) < 4.78 is 0. The number of benzene rings is 1. The molecule has 0 bridgehead atoms. The SMILES string of the molecule is C#CCC(=O)c1ccc(Cl)c(Cl)c1. The maximum absolute atomic E-state index is 11.3. The van der Waals surface area contributed by atoms with Crippen LogP contribution in [0.3, 0.4) is 0 Å². The quantitative estimate of drug-likeness (QED) is 0.544. The van der Waals surface area contributed by atoms with Crippen LogP contribution in [-0.2, 0) is 0 Å². The first-order valence-corrected chi connectivity index (χ1v) is 4.32. The van der Waals surface area contributed by atoms with Crippen LogP contribution in [0.4, 0.5) is 0 Å². The summed E-state index contributed by atoms with van der Waals surface area (Å²) in [5.74, 6) is 2.15.